The molecule has 166 valence electrons. The Balaban J connectivity index is 1.52. The number of carbonyl (C=O) groups is 4. The minimum absolute atomic E-state index is 0.116. The third-order valence-electron chi connectivity index (χ3n) is 5.17. The largest absolute Gasteiger partial charge is 0.462 e. The molecule has 1 aliphatic heterocycles. The lowest BCUT2D eigenvalue weighted by atomic mass is 10.1. The summed E-state index contributed by atoms with van der Waals surface area (Å²) in [7, 11) is 0. The fourth-order valence-corrected chi connectivity index (χ4v) is 3.40. The second-order valence-electron chi connectivity index (χ2n) is 7.44. The van der Waals surface area contributed by atoms with Crippen molar-refractivity contribution in [1.29, 1.82) is 0 Å². The highest BCUT2D eigenvalue weighted by Gasteiger charge is 2.37. The van der Waals surface area contributed by atoms with Gasteiger partial charge in [0, 0.05) is 0 Å². The monoisotopic (exact) mass is 443 g/mol. The summed E-state index contributed by atoms with van der Waals surface area (Å²) >= 11 is 0. The van der Waals surface area contributed by atoms with Crippen molar-refractivity contribution in [3.63, 3.8) is 0 Å². The van der Waals surface area contributed by atoms with Gasteiger partial charge in [0.15, 0.2) is 0 Å². The molecule has 0 unspecified atom stereocenters. The number of unbranched alkanes of at least 4 members (excludes halogenated alkanes) is 1. The lowest BCUT2D eigenvalue weighted by Crippen LogP contribution is -2.29. The molecule has 0 N–H and O–H groups in total. The summed E-state index contributed by atoms with van der Waals surface area (Å²) in [5, 5.41) is 0. The predicted molar refractivity (Wildman–Crippen MR) is 121 cm³/mol. The molecule has 0 aliphatic carbocycles. The average Bonchev–Trinajstić information content (AvgIpc) is 3.09. The topological polar surface area (TPSA) is 90.0 Å². The molecule has 0 atom stereocenters. The molecule has 7 heteroatoms. The molecular weight excluding hydrogens is 422 g/mol. The van der Waals surface area contributed by atoms with Crippen LogP contribution in [0, 0.1) is 0 Å². The summed E-state index contributed by atoms with van der Waals surface area (Å²) in [5.74, 6) is -1.77. The quantitative estimate of drug-likeness (QED) is 0.228. The van der Waals surface area contributed by atoms with Crippen LogP contribution in [0.5, 0.6) is 5.75 Å². The van der Waals surface area contributed by atoms with Gasteiger partial charge in [0.1, 0.15) is 5.75 Å². The molecule has 1 aliphatic rings. The number of anilines is 1. The first-order valence-electron chi connectivity index (χ1n) is 10.6. The molecule has 0 saturated carbocycles. The number of ether oxygens (including phenoxy) is 2. The van der Waals surface area contributed by atoms with Crippen molar-refractivity contribution in [2.45, 2.75) is 19.8 Å². The number of esters is 2. The average molecular weight is 443 g/mol. The molecule has 0 bridgehead atoms. The van der Waals surface area contributed by atoms with Crippen LogP contribution in [0.2, 0.25) is 0 Å². The van der Waals surface area contributed by atoms with E-state index in [4.69, 9.17) is 9.47 Å². The molecule has 0 aromatic heterocycles. The predicted octanol–water partition coefficient (Wildman–Crippen LogP) is 4.66. The number of fused-ring (bicyclic) bond motifs is 1. The van der Waals surface area contributed by atoms with Gasteiger partial charge in [-0.25, -0.2) is 14.5 Å². The smallest absolute Gasteiger partial charge is 0.343 e. The van der Waals surface area contributed by atoms with Gasteiger partial charge >= 0.3 is 11.9 Å². The lowest BCUT2D eigenvalue weighted by Gasteiger charge is -2.14. The third kappa shape index (κ3) is 4.52. The van der Waals surface area contributed by atoms with Crippen LogP contribution in [-0.4, -0.2) is 30.4 Å². The zero-order valence-corrected chi connectivity index (χ0v) is 17.9. The van der Waals surface area contributed by atoms with E-state index in [2.05, 4.69) is 0 Å². The zero-order valence-electron chi connectivity index (χ0n) is 17.9. The molecular formula is C26H21NO6. The number of imide groups is 1. The van der Waals surface area contributed by atoms with Crippen LogP contribution in [0.3, 0.4) is 0 Å². The van der Waals surface area contributed by atoms with Crippen LogP contribution in [0.1, 0.15) is 61.2 Å². The van der Waals surface area contributed by atoms with Crippen molar-refractivity contribution >= 4 is 29.4 Å². The Kier molecular flexibility index (Phi) is 6.31. The molecule has 0 saturated heterocycles. The molecule has 2 amide bonds. The first kappa shape index (κ1) is 22.0. The molecule has 3 aromatic carbocycles. The number of para-hydroxylation sites is 1. The normalized spacial score (nSPS) is 12.5. The lowest BCUT2D eigenvalue weighted by molar-refractivity contribution is 0.0499. The van der Waals surface area contributed by atoms with Crippen LogP contribution >= 0.6 is 0 Å². The van der Waals surface area contributed by atoms with E-state index in [1.54, 1.807) is 30.3 Å². The minimum Gasteiger partial charge on any atom is -0.462 e. The number of rotatable bonds is 7. The van der Waals surface area contributed by atoms with Gasteiger partial charge in [-0.2, -0.15) is 0 Å². The molecule has 4 rings (SSSR count). The molecule has 3 aromatic rings. The van der Waals surface area contributed by atoms with Gasteiger partial charge in [-0.05, 0) is 61.0 Å². The maximum Gasteiger partial charge on any atom is 0.343 e. The van der Waals surface area contributed by atoms with Gasteiger partial charge in [-0.1, -0.05) is 31.5 Å². The fourth-order valence-electron chi connectivity index (χ4n) is 3.40. The molecule has 0 fully saturated rings. The maximum absolute atomic E-state index is 13.0. The molecule has 0 spiro atoms. The number of hydrogen-bond donors (Lipinski definition) is 0. The molecule has 1 heterocycles. The number of nitrogens with zero attached hydrogens (tertiary/aromatic N) is 1. The van der Waals surface area contributed by atoms with E-state index >= 15 is 0 Å². The molecule has 7 nitrogen and oxygen atoms in total. The Hall–Kier alpha value is -4.26. The summed E-state index contributed by atoms with van der Waals surface area (Å²) in [6, 6.07) is 18.9. The van der Waals surface area contributed by atoms with Crippen molar-refractivity contribution in [3.05, 3.63) is 95.1 Å². The summed E-state index contributed by atoms with van der Waals surface area (Å²) in [6.45, 7) is 2.34. The van der Waals surface area contributed by atoms with Crippen molar-refractivity contribution in [2.75, 3.05) is 11.5 Å². The number of carbonyl (C=O) groups excluding carboxylic acids is 4. The highest BCUT2D eigenvalue weighted by atomic mass is 16.5. The van der Waals surface area contributed by atoms with E-state index in [9.17, 15) is 19.2 Å². The van der Waals surface area contributed by atoms with Crippen LogP contribution in [0.4, 0.5) is 5.69 Å². The Labute approximate surface area is 190 Å². The second-order valence-corrected chi connectivity index (χ2v) is 7.44. The Morgan fingerprint density at radius 1 is 0.788 bits per heavy atom. The number of amides is 2. The third-order valence-corrected chi connectivity index (χ3v) is 5.17. The summed E-state index contributed by atoms with van der Waals surface area (Å²) in [6.07, 6.45) is 1.69. The van der Waals surface area contributed by atoms with Gasteiger partial charge in [-0.15, -0.1) is 0 Å². The van der Waals surface area contributed by atoms with Gasteiger partial charge in [0.25, 0.3) is 11.8 Å². The first-order valence-corrected chi connectivity index (χ1v) is 10.6. The standard InChI is InChI=1S/C26H21NO6/c1-2-3-15-32-25(30)17-9-12-19(13-10-17)27-23(28)21-14-11-18(16-22(21)24(27)29)26(31)33-20-7-5-4-6-8-20/h4-14,16H,2-3,15H2,1H3. The zero-order chi connectivity index (χ0) is 23.4. The van der Waals surface area contributed by atoms with E-state index in [0.29, 0.717) is 23.6 Å². The van der Waals surface area contributed by atoms with Gasteiger partial charge in [-0.3, -0.25) is 9.59 Å². The molecule has 0 radical (unpaired) electrons. The minimum atomic E-state index is -0.631. The number of benzene rings is 3. The van der Waals surface area contributed by atoms with Crippen molar-refractivity contribution in [2.24, 2.45) is 0 Å². The van der Waals surface area contributed by atoms with E-state index in [1.807, 2.05) is 6.92 Å². The first-order chi connectivity index (χ1) is 16.0. The van der Waals surface area contributed by atoms with Crippen LogP contribution in [0.25, 0.3) is 0 Å². The summed E-state index contributed by atoms with van der Waals surface area (Å²) < 4.78 is 10.5. The van der Waals surface area contributed by atoms with Crippen LogP contribution < -0.4 is 9.64 Å². The fraction of sp³-hybridized carbons (Fsp3) is 0.154. The SMILES string of the molecule is CCCCOC(=O)c1ccc(N2C(=O)c3ccc(C(=O)Oc4ccccc4)cc3C2=O)cc1. The van der Waals surface area contributed by atoms with Crippen molar-refractivity contribution in [3.8, 4) is 5.75 Å². The highest BCUT2D eigenvalue weighted by Crippen LogP contribution is 2.29. The van der Waals surface area contributed by atoms with E-state index < -0.39 is 23.8 Å². The van der Waals surface area contributed by atoms with Crippen LogP contribution in [0.15, 0.2) is 72.8 Å². The summed E-state index contributed by atoms with van der Waals surface area (Å²) in [5.41, 5.74) is 1.12. The van der Waals surface area contributed by atoms with E-state index in [1.165, 1.54) is 42.5 Å². The van der Waals surface area contributed by atoms with E-state index in [-0.39, 0.29) is 16.7 Å². The Morgan fingerprint density at radius 3 is 2.15 bits per heavy atom. The van der Waals surface area contributed by atoms with Crippen molar-refractivity contribution in [1.82, 2.24) is 0 Å². The van der Waals surface area contributed by atoms with E-state index in [0.717, 1.165) is 17.7 Å². The second kappa shape index (κ2) is 9.48. The van der Waals surface area contributed by atoms with Gasteiger partial charge in [0.05, 0.1) is 34.5 Å². The molecule has 33 heavy (non-hydrogen) atoms. The number of hydrogen-bond acceptors (Lipinski definition) is 6. The maximum atomic E-state index is 13.0. The highest BCUT2D eigenvalue weighted by molar-refractivity contribution is 6.34. The van der Waals surface area contributed by atoms with Crippen LogP contribution in [-0.2, 0) is 4.74 Å². The van der Waals surface area contributed by atoms with Gasteiger partial charge < -0.3 is 9.47 Å². The Morgan fingerprint density at radius 2 is 1.45 bits per heavy atom. The Bertz CT molecular complexity index is 1220. The van der Waals surface area contributed by atoms with Gasteiger partial charge in [0.2, 0.25) is 0 Å². The van der Waals surface area contributed by atoms with Crippen molar-refractivity contribution < 1.29 is 28.7 Å². The summed E-state index contributed by atoms with van der Waals surface area (Å²) in [4.78, 5) is 51.4.